The van der Waals surface area contributed by atoms with E-state index in [-0.39, 0.29) is 24.4 Å². The third-order valence-electron chi connectivity index (χ3n) is 7.23. The van der Waals surface area contributed by atoms with Gasteiger partial charge in [-0.25, -0.2) is 9.18 Å². The molecule has 1 spiro atoms. The molecule has 2 aliphatic rings. The second-order valence-electron chi connectivity index (χ2n) is 9.42. The monoisotopic (exact) mass is 518 g/mol. The van der Waals surface area contributed by atoms with Gasteiger partial charge in [0.15, 0.2) is 0 Å². The molecule has 7 nitrogen and oxygen atoms in total. The number of nitrogens with two attached hydrogens (primary N) is 1. The number of piperidine rings is 1. The molecule has 2 aromatic carbocycles. The van der Waals surface area contributed by atoms with Crippen molar-refractivity contribution in [3.05, 3.63) is 103 Å². The molecule has 0 saturated carbocycles. The number of nitrogens with zero attached hydrogens (tertiary/aromatic N) is 2. The molecular weight excluding hydrogens is 492 g/mol. The van der Waals surface area contributed by atoms with Crippen molar-refractivity contribution in [3.8, 4) is 0 Å². The van der Waals surface area contributed by atoms with Crippen molar-refractivity contribution in [2.45, 2.75) is 50.4 Å². The fourth-order valence-electron chi connectivity index (χ4n) is 5.32. The average Bonchev–Trinajstić information content (AvgIpc) is 3.23. The number of rotatable bonds is 5. The molecule has 1 saturated heterocycles. The Hall–Kier alpha value is -3.28. The van der Waals surface area contributed by atoms with Crippen LogP contribution in [0.3, 0.4) is 0 Å². The van der Waals surface area contributed by atoms with Crippen molar-refractivity contribution in [3.63, 3.8) is 0 Å². The fraction of sp³-hybridized carbons (Fsp3) is 0.385. The lowest BCUT2D eigenvalue weighted by atomic mass is 9.86. The summed E-state index contributed by atoms with van der Waals surface area (Å²) in [7, 11) is 0. The molecular formula is C26H26F4N4O3. The fourth-order valence-corrected chi connectivity index (χ4v) is 5.32. The van der Waals surface area contributed by atoms with Crippen LogP contribution in [0.1, 0.15) is 46.8 Å². The summed E-state index contributed by atoms with van der Waals surface area (Å²) < 4.78 is 64.0. The third-order valence-corrected chi connectivity index (χ3v) is 7.23. The molecule has 1 aromatic heterocycles. The van der Waals surface area contributed by atoms with Gasteiger partial charge in [-0.3, -0.25) is 13.9 Å². The topological polar surface area (TPSA) is 91.3 Å². The van der Waals surface area contributed by atoms with Crippen molar-refractivity contribution in [1.82, 2.24) is 14.5 Å². The summed E-state index contributed by atoms with van der Waals surface area (Å²) in [5.41, 5.74) is 3.15. The standard InChI is InChI=1S/C26H26F4N4O3/c27-19-8-4-7-18(26(28,29)30)17(19)13-33-21-15-37-25(9-11-32-12-10-25)22(21)23(35)34(24(33)36)14-20(31)16-5-2-1-3-6-16/h1-8,20,32H,9-15,31H2. The Morgan fingerprint density at radius 3 is 2.41 bits per heavy atom. The first kappa shape index (κ1) is 25.4. The molecule has 3 N–H and O–H groups in total. The van der Waals surface area contributed by atoms with Crippen molar-refractivity contribution in [1.29, 1.82) is 0 Å². The summed E-state index contributed by atoms with van der Waals surface area (Å²) >= 11 is 0. The molecule has 0 amide bonds. The largest absolute Gasteiger partial charge is 0.416 e. The van der Waals surface area contributed by atoms with Crippen LogP contribution < -0.4 is 22.3 Å². The van der Waals surface area contributed by atoms with E-state index in [1.165, 1.54) is 0 Å². The first-order valence-corrected chi connectivity index (χ1v) is 12.0. The van der Waals surface area contributed by atoms with Crippen molar-refractivity contribution >= 4 is 0 Å². The zero-order chi connectivity index (χ0) is 26.4. The van der Waals surface area contributed by atoms with E-state index in [4.69, 9.17) is 10.5 Å². The van der Waals surface area contributed by atoms with Gasteiger partial charge in [-0.2, -0.15) is 13.2 Å². The SMILES string of the molecule is NC(Cn1c(=O)c2c(n(Cc3c(F)cccc3C(F)(F)F)c1=O)COC21CCNCC1)c1ccccc1. The number of fused-ring (bicyclic) bond motifs is 2. The van der Waals surface area contributed by atoms with Crippen LogP contribution in [0.4, 0.5) is 17.6 Å². The van der Waals surface area contributed by atoms with Gasteiger partial charge >= 0.3 is 11.9 Å². The lowest BCUT2D eigenvalue weighted by Gasteiger charge is -2.33. The van der Waals surface area contributed by atoms with Crippen LogP contribution in [-0.4, -0.2) is 22.2 Å². The molecule has 5 rings (SSSR count). The number of aromatic nitrogens is 2. The Morgan fingerprint density at radius 1 is 1.03 bits per heavy atom. The van der Waals surface area contributed by atoms with Gasteiger partial charge in [0.1, 0.15) is 11.4 Å². The Labute approximate surface area is 209 Å². The van der Waals surface area contributed by atoms with Crippen molar-refractivity contribution in [2.24, 2.45) is 5.73 Å². The maximum atomic E-state index is 14.8. The van der Waals surface area contributed by atoms with E-state index in [0.29, 0.717) is 31.5 Å². The molecule has 0 aliphatic carbocycles. The molecule has 3 heterocycles. The zero-order valence-corrected chi connectivity index (χ0v) is 19.9. The smallest absolute Gasteiger partial charge is 0.364 e. The van der Waals surface area contributed by atoms with Crippen LogP contribution in [0.15, 0.2) is 58.1 Å². The Kier molecular flexibility index (Phi) is 6.55. The highest BCUT2D eigenvalue weighted by Crippen LogP contribution is 2.41. The molecule has 1 atom stereocenters. The first-order valence-electron chi connectivity index (χ1n) is 12.0. The molecule has 2 aliphatic heterocycles. The molecule has 0 bridgehead atoms. The van der Waals surface area contributed by atoms with Gasteiger partial charge in [-0.1, -0.05) is 36.4 Å². The molecule has 0 radical (unpaired) electrons. The van der Waals surface area contributed by atoms with Gasteiger partial charge in [-0.05, 0) is 43.6 Å². The average molecular weight is 519 g/mol. The van der Waals surface area contributed by atoms with Crippen LogP contribution in [0.2, 0.25) is 0 Å². The summed E-state index contributed by atoms with van der Waals surface area (Å²) in [6.45, 7) is 0.0786. The van der Waals surface area contributed by atoms with Gasteiger partial charge in [0, 0.05) is 11.6 Å². The highest BCUT2D eigenvalue weighted by molar-refractivity contribution is 5.35. The number of alkyl halides is 3. The van der Waals surface area contributed by atoms with Crippen LogP contribution in [-0.2, 0) is 36.2 Å². The Bertz CT molecular complexity index is 1430. The van der Waals surface area contributed by atoms with Crippen LogP contribution >= 0.6 is 0 Å². The molecule has 1 fully saturated rings. The highest BCUT2D eigenvalue weighted by Gasteiger charge is 2.46. The summed E-state index contributed by atoms with van der Waals surface area (Å²) in [5, 5.41) is 3.20. The summed E-state index contributed by atoms with van der Waals surface area (Å²) in [4.78, 5) is 27.4. The first-order chi connectivity index (χ1) is 17.6. The number of nitrogens with one attached hydrogen (secondary N) is 1. The van der Waals surface area contributed by atoms with Gasteiger partial charge in [-0.15, -0.1) is 0 Å². The van der Waals surface area contributed by atoms with Crippen molar-refractivity contribution < 1.29 is 22.3 Å². The number of hydrogen-bond acceptors (Lipinski definition) is 5. The predicted octanol–water partition coefficient (Wildman–Crippen LogP) is 3.03. The Balaban J connectivity index is 1.70. The van der Waals surface area contributed by atoms with Crippen molar-refractivity contribution in [2.75, 3.05) is 13.1 Å². The summed E-state index contributed by atoms with van der Waals surface area (Å²) in [6.07, 6.45) is -3.93. The number of hydrogen-bond donors (Lipinski definition) is 2. The molecule has 196 valence electrons. The van der Waals surface area contributed by atoms with E-state index in [9.17, 15) is 27.2 Å². The van der Waals surface area contributed by atoms with Crippen LogP contribution in [0.5, 0.6) is 0 Å². The predicted molar refractivity (Wildman–Crippen MR) is 127 cm³/mol. The van der Waals surface area contributed by atoms with Gasteiger partial charge in [0.25, 0.3) is 5.56 Å². The molecule has 11 heteroatoms. The Morgan fingerprint density at radius 2 is 1.73 bits per heavy atom. The third kappa shape index (κ3) is 4.51. The maximum absolute atomic E-state index is 14.8. The molecule has 37 heavy (non-hydrogen) atoms. The number of benzene rings is 2. The lowest BCUT2D eigenvalue weighted by molar-refractivity contribution is -0.138. The normalized spacial score (nSPS) is 17.6. The highest BCUT2D eigenvalue weighted by atomic mass is 19.4. The number of ether oxygens (including phenoxy) is 1. The van der Waals surface area contributed by atoms with E-state index in [1.807, 2.05) is 0 Å². The minimum absolute atomic E-state index is 0.138. The van der Waals surface area contributed by atoms with Gasteiger partial charge in [0.2, 0.25) is 0 Å². The second-order valence-corrected chi connectivity index (χ2v) is 9.42. The maximum Gasteiger partial charge on any atom is 0.416 e. The lowest BCUT2D eigenvalue weighted by Crippen LogP contribution is -2.49. The summed E-state index contributed by atoms with van der Waals surface area (Å²) in [6, 6.07) is 10.8. The minimum Gasteiger partial charge on any atom is -0.364 e. The van der Waals surface area contributed by atoms with Crippen LogP contribution in [0.25, 0.3) is 0 Å². The summed E-state index contributed by atoms with van der Waals surface area (Å²) in [5.74, 6) is -1.09. The van der Waals surface area contributed by atoms with Gasteiger partial charge in [0.05, 0.1) is 36.5 Å². The minimum atomic E-state index is -4.83. The number of halogens is 4. The van der Waals surface area contributed by atoms with E-state index in [0.717, 1.165) is 27.3 Å². The quantitative estimate of drug-likeness (QED) is 0.507. The van der Waals surface area contributed by atoms with E-state index in [1.54, 1.807) is 30.3 Å². The second kappa shape index (κ2) is 9.55. The zero-order valence-electron chi connectivity index (χ0n) is 19.9. The van der Waals surface area contributed by atoms with Crippen LogP contribution in [0, 0.1) is 5.82 Å². The van der Waals surface area contributed by atoms with Gasteiger partial charge < -0.3 is 15.8 Å². The van der Waals surface area contributed by atoms with E-state index < -0.39 is 52.6 Å². The molecule has 3 aromatic rings. The van der Waals surface area contributed by atoms with E-state index in [2.05, 4.69) is 5.32 Å². The van der Waals surface area contributed by atoms with E-state index >= 15 is 0 Å². The molecule has 1 unspecified atom stereocenters.